The molecule has 26 heavy (non-hydrogen) atoms. The van der Waals surface area contributed by atoms with Crippen LogP contribution in [0.5, 0.6) is 0 Å². The molecule has 0 fully saturated rings. The van der Waals surface area contributed by atoms with Gasteiger partial charge in [-0.25, -0.2) is 0 Å². The molecule has 2 atom stereocenters. The second kappa shape index (κ2) is 9.02. The maximum Gasteiger partial charge on any atom is 0.303 e. The number of carbonyl (C=O) groups excluding carboxylic acids is 2. The highest BCUT2D eigenvalue weighted by Crippen LogP contribution is 2.30. The molecular formula is C22H29O4. The first-order valence-corrected chi connectivity index (χ1v) is 9.23. The largest absolute Gasteiger partial charge is 0.462 e. The number of benzene rings is 1. The zero-order chi connectivity index (χ0) is 19.3. The van der Waals surface area contributed by atoms with Gasteiger partial charge in [-0.05, 0) is 47.6 Å². The minimum Gasteiger partial charge on any atom is -0.462 e. The van der Waals surface area contributed by atoms with Crippen LogP contribution in [0.15, 0.2) is 24.3 Å². The number of hydrogen-bond donors (Lipinski definition) is 0. The molecule has 1 aromatic rings. The third-order valence-corrected chi connectivity index (χ3v) is 4.67. The molecule has 1 aromatic carbocycles. The Morgan fingerprint density at radius 1 is 1.08 bits per heavy atom. The highest BCUT2D eigenvalue weighted by atomic mass is 16.5. The lowest BCUT2D eigenvalue weighted by molar-refractivity contribution is -0.146. The third-order valence-electron chi connectivity index (χ3n) is 4.67. The molecule has 4 heteroatoms. The van der Waals surface area contributed by atoms with Crippen LogP contribution >= 0.6 is 0 Å². The van der Waals surface area contributed by atoms with Crippen molar-refractivity contribution in [1.29, 1.82) is 0 Å². The van der Waals surface area contributed by atoms with Gasteiger partial charge in [0, 0.05) is 33.1 Å². The average Bonchev–Trinajstić information content (AvgIpc) is 2.52. The SMILES string of the molecule is CC(=O)OC1[CH]Cc2c(C)ccc(C(C)C)c2CC(OC(C)=O)C/C=C\1. The molecule has 1 radical (unpaired) electrons. The molecule has 141 valence electrons. The monoisotopic (exact) mass is 357 g/mol. The van der Waals surface area contributed by atoms with E-state index in [1.165, 1.54) is 36.1 Å². The van der Waals surface area contributed by atoms with Crippen molar-refractivity contribution in [3.05, 3.63) is 53.0 Å². The van der Waals surface area contributed by atoms with Crippen molar-refractivity contribution in [3.63, 3.8) is 0 Å². The Morgan fingerprint density at radius 3 is 2.38 bits per heavy atom. The van der Waals surface area contributed by atoms with Crippen LogP contribution in [-0.2, 0) is 31.9 Å². The van der Waals surface area contributed by atoms with Crippen LogP contribution in [0, 0.1) is 13.3 Å². The van der Waals surface area contributed by atoms with E-state index in [9.17, 15) is 9.59 Å². The first kappa shape index (κ1) is 20.2. The molecule has 0 amide bonds. The number of carbonyl (C=O) groups is 2. The first-order valence-electron chi connectivity index (χ1n) is 9.23. The van der Waals surface area contributed by atoms with E-state index in [1.807, 2.05) is 18.6 Å². The van der Waals surface area contributed by atoms with Crippen LogP contribution in [-0.4, -0.2) is 24.1 Å². The smallest absolute Gasteiger partial charge is 0.303 e. The van der Waals surface area contributed by atoms with E-state index >= 15 is 0 Å². The fourth-order valence-electron chi connectivity index (χ4n) is 3.49. The molecule has 0 heterocycles. The van der Waals surface area contributed by atoms with Gasteiger partial charge in [-0.2, -0.15) is 0 Å². The molecule has 1 aliphatic carbocycles. The van der Waals surface area contributed by atoms with Crippen LogP contribution in [0.1, 0.15) is 62.3 Å². The molecule has 1 aliphatic rings. The van der Waals surface area contributed by atoms with Gasteiger partial charge in [-0.15, -0.1) is 0 Å². The molecule has 2 unspecified atom stereocenters. The summed E-state index contributed by atoms with van der Waals surface area (Å²) in [5.74, 6) is -0.202. The van der Waals surface area contributed by atoms with E-state index in [1.54, 1.807) is 0 Å². The molecule has 2 rings (SSSR count). The van der Waals surface area contributed by atoms with Crippen molar-refractivity contribution in [2.75, 3.05) is 0 Å². The lowest BCUT2D eigenvalue weighted by atomic mass is 9.84. The standard InChI is InChI=1S/C22H29O4/c1-14(2)20-11-9-15(3)21-12-10-18(25-16(4)23)7-6-8-19(13-22(20)21)26-17(5)24/h6-7,9-11,14,18-19H,8,12-13H2,1-5H3/b7-6-. The molecule has 0 N–H and O–H groups in total. The molecule has 0 aromatic heterocycles. The normalized spacial score (nSPS) is 21.6. The molecule has 0 bridgehead atoms. The summed E-state index contributed by atoms with van der Waals surface area (Å²) in [4.78, 5) is 22.9. The van der Waals surface area contributed by atoms with Gasteiger partial charge in [-0.3, -0.25) is 9.59 Å². The van der Waals surface area contributed by atoms with E-state index in [0.717, 1.165) is 0 Å². The summed E-state index contributed by atoms with van der Waals surface area (Å²) in [6, 6.07) is 4.32. The number of fused-ring (bicyclic) bond motifs is 1. The van der Waals surface area contributed by atoms with Gasteiger partial charge in [-0.1, -0.05) is 32.1 Å². The minimum absolute atomic E-state index is 0.224. The zero-order valence-corrected chi connectivity index (χ0v) is 16.4. The van der Waals surface area contributed by atoms with E-state index in [0.29, 0.717) is 25.2 Å². The molecule has 0 spiro atoms. The Hall–Kier alpha value is -2.10. The van der Waals surface area contributed by atoms with E-state index in [2.05, 4.69) is 32.9 Å². The highest BCUT2D eigenvalue weighted by molar-refractivity contribution is 5.67. The highest BCUT2D eigenvalue weighted by Gasteiger charge is 2.22. The van der Waals surface area contributed by atoms with Crippen molar-refractivity contribution in [3.8, 4) is 0 Å². The molecule has 4 nitrogen and oxygen atoms in total. The first-order chi connectivity index (χ1) is 12.3. The summed E-state index contributed by atoms with van der Waals surface area (Å²) < 4.78 is 10.9. The molecule has 0 aliphatic heterocycles. The van der Waals surface area contributed by atoms with E-state index in [-0.39, 0.29) is 24.1 Å². The number of aryl methyl sites for hydroxylation is 1. The van der Waals surface area contributed by atoms with Gasteiger partial charge in [0.15, 0.2) is 0 Å². The predicted octanol–water partition coefficient (Wildman–Crippen LogP) is 4.23. The fraction of sp³-hybridized carbons (Fsp3) is 0.500. The summed E-state index contributed by atoms with van der Waals surface area (Å²) in [6.07, 6.45) is 7.22. The van der Waals surface area contributed by atoms with Gasteiger partial charge >= 0.3 is 11.9 Å². The van der Waals surface area contributed by atoms with Crippen LogP contribution in [0.4, 0.5) is 0 Å². The lowest BCUT2D eigenvalue weighted by Crippen LogP contribution is -2.23. The fourth-order valence-corrected chi connectivity index (χ4v) is 3.49. The topological polar surface area (TPSA) is 52.6 Å². The van der Waals surface area contributed by atoms with Crippen molar-refractivity contribution in [2.45, 2.75) is 72.0 Å². The second-order valence-corrected chi connectivity index (χ2v) is 7.20. The van der Waals surface area contributed by atoms with Crippen molar-refractivity contribution in [2.24, 2.45) is 0 Å². The number of hydrogen-bond acceptors (Lipinski definition) is 4. The van der Waals surface area contributed by atoms with Crippen LogP contribution < -0.4 is 0 Å². The summed E-state index contributed by atoms with van der Waals surface area (Å²) in [7, 11) is 0. The minimum atomic E-state index is -0.376. The zero-order valence-electron chi connectivity index (χ0n) is 16.4. The van der Waals surface area contributed by atoms with Gasteiger partial charge in [0.05, 0.1) is 0 Å². The van der Waals surface area contributed by atoms with Gasteiger partial charge in [0.1, 0.15) is 12.2 Å². The van der Waals surface area contributed by atoms with E-state index < -0.39 is 0 Å². The van der Waals surface area contributed by atoms with Crippen molar-refractivity contribution >= 4 is 11.9 Å². The maximum absolute atomic E-state index is 11.5. The summed E-state index contributed by atoms with van der Waals surface area (Å²) in [5, 5.41) is 0. The van der Waals surface area contributed by atoms with Crippen LogP contribution in [0.25, 0.3) is 0 Å². The summed E-state index contributed by atoms with van der Waals surface area (Å²) in [5.41, 5.74) is 4.97. The van der Waals surface area contributed by atoms with Gasteiger partial charge in [0.25, 0.3) is 0 Å². The van der Waals surface area contributed by atoms with Gasteiger partial charge < -0.3 is 9.47 Å². The number of rotatable bonds is 3. The van der Waals surface area contributed by atoms with E-state index in [4.69, 9.17) is 9.47 Å². The van der Waals surface area contributed by atoms with Gasteiger partial charge in [0.2, 0.25) is 0 Å². The molecule has 0 saturated heterocycles. The number of ether oxygens (including phenoxy) is 2. The second-order valence-electron chi connectivity index (χ2n) is 7.20. The van der Waals surface area contributed by atoms with Crippen LogP contribution in [0.2, 0.25) is 0 Å². The quantitative estimate of drug-likeness (QED) is 0.600. The maximum atomic E-state index is 11.5. The Balaban J connectivity index is 2.45. The molecule has 0 saturated carbocycles. The number of esters is 2. The Kier molecular flexibility index (Phi) is 7.01. The van der Waals surface area contributed by atoms with Crippen molar-refractivity contribution < 1.29 is 19.1 Å². The Morgan fingerprint density at radius 2 is 1.77 bits per heavy atom. The third kappa shape index (κ3) is 5.45. The molecular weight excluding hydrogens is 328 g/mol. The summed E-state index contributed by atoms with van der Waals surface area (Å²) >= 11 is 0. The van der Waals surface area contributed by atoms with Crippen LogP contribution in [0.3, 0.4) is 0 Å². The average molecular weight is 357 g/mol. The lowest BCUT2D eigenvalue weighted by Gasteiger charge is -2.25. The van der Waals surface area contributed by atoms with Crippen molar-refractivity contribution in [1.82, 2.24) is 0 Å². The Labute approximate surface area is 156 Å². The Bertz CT molecular complexity index is 688. The summed E-state index contributed by atoms with van der Waals surface area (Å²) in [6.45, 7) is 9.31. The predicted molar refractivity (Wildman–Crippen MR) is 102 cm³/mol.